The smallest absolute Gasteiger partial charge is 0.323 e. The molecule has 1 atom stereocenters. The highest BCUT2D eigenvalue weighted by molar-refractivity contribution is 5.75. The number of hydrogen-bond donors (Lipinski definition) is 1. The van der Waals surface area contributed by atoms with Crippen LogP contribution >= 0.6 is 0 Å². The Bertz CT molecular complexity index is 274. The summed E-state index contributed by atoms with van der Waals surface area (Å²) in [6.07, 6.45) is 7.48. The number of esters is 1. The molecule has 1 saturated carbocycles. The van der Waals surface area contributed by atoms with Gasteiger partial charge in [0, 0.05) is 13.1 Å². The molecular formula is C17H34N2O2. The van der Waals surface area contributed by atoms with E-state index in [9.17, 15) is 4.79 Å². The zero-order valence-corrected chi connectivity index (χ0v) is 14.2. The highest BCUT2D eigenvalue weighted by Crippen LogP contribution is 2.27. The molecule has 4 nitrogen and oxygen atoms in total. The van der Waals surface area contributed by atoms with E-state index in [1.54, 1.807) is 0 Å². The Morgan fingerprint density at radius 3 is 2.43 bits per heavy atom. The molecule has 1 unspecified atom stereocenters. The molecule has 0 heterocycles. The molecule has 0 aromatic heterocycles. The van der Waals surface area contributed by atoms with Gasteiger partial charge in [-0.25, -0.2) is 0 Å². The monoisotopic (exact) mass is 298 g/mol. The molecule has 1 fully saturated rings. The fraction of sp³-hybridized carbons (Fsp3) is 0.941. The number of carbonyl (C=O) groups excluding carboxylic acids is 1. The summed E-state index contributed by atoms with van der Waals surface area (Å²) in [6.45, 7) is 10.7. The molecular weight excluding hydrogens is 264 g/mol. The van der Waals surface area contributed by atoms with Crippen molar-refractivity contribution in [1.29, 1.82) is 0 Å². The number of nitrogens with zero attached hydrogens (tertiary/aromatic N) is 1. The topological polar surface area (TPSA) is 41.6 Å². The van der Waals surface area contributed by atoms with Gasteiger partial charge >= 0.3 is 5.97 Å². The van der Waals surface area contributed by atoms with E-state index in [2.05, 4.69) is 24.1 Å². The lowest BCUT2D eigenvalue weighted by molar-refractivity contribution is -0.146. The molecule has 4 heteroatoms. The molecule has 21 heavy (non-hydrogen) atoms. The van der Waals surface area contributed by atoms with E-state index in [0.29, 0.717) is 12.5 Å². The van der Waals surface area contributed by atoms with E-state index < -0.39 is 0 Å². The summed E-state index contributed by atoms with van der Waals surface area (Å²) in [4.78, 5) is 14.5. The largest absolute Gasteiger partial charge is 0.465 e. The summed E-state index contributed by atoms with van der Waals surface area (Å²) in [5, 5.41) is 3.43. The number of carbonyl (C=O) groups is 1. The molecule has 0 aromatic rings. The maximum absolute atomic E-state index is 12.1. The second-order valence-electron chi connectivity index (χ2n) is 6.03. The number of nitrogens with one attached hydrogen (secondary N) is 1. The van der Waals surface area contributed by atoms with Crippen LogP contribution in [0.3, 0.4) is 0 Å². The molecule has 0 spiro atoms. The van der Waals surface area contributed by atoms with Gasteiger partial charge in [0.2, 0.25) is 0 Å². The van der Waals surface area contributed by atoms with Gasteiger partial charge in [-0.15, -0.1) is 0 Å². The Morgan fingerprint density at radius 2 is 1.86 bits per heavy atom. The molecule has 1 N–H and O–H groups in total. The minimum Gasteiger partial charge on any atom is -0.465 e. The van der Waals surface area contributed by atoms with E-state index in [4.69, 9.17) is 4.74 Å². The van der Waals surface area contributed by atoms with Crippen LogP contribution < -0.4 is 5.32 Å². The Labute approximate surface area is 130 Å². The molecule has 0 aliphatic heterocycles. The third kappa shape index (κ3) is 7.28. The minimum atomic E-state index is -0.122. The van der Waals surface area contributed by atoms with Crippen molar-refractivity contribution in [2.24, 2.45) is 5.92 Å². The lowest BCUT2D eigenvalue weighted by Crippen LogP contribution is -2.43. The van der Waals surface area contributed by atoms with Gasteiger partial charge in [0.05, 0.1) is 6.61 Å². The fourth-order valence-corrected chi connectivity index (χ4v) is 3.20. The zero-order valence-electron chi connectivity index (χ0n) is 14.2. The van der Waals surface area contributed by atoms with Crippen LogP contribution in [0.25, 0.3) is 0 Å². The van der Waals surface area contributed by atoms with Gasteiger partial charge in [-0.2, -0.15) is 0 Å². The van der Waals surface area contributed by atoms with Crippen LogP contribution in [0.5, 0.6) is 0 Å². The second-order valence-corrected chi connectivity index (χ2v) is 6.03. The maximum atomic E-state index is 12.1. The van der Waals surface area contributed by atoms with Crippen molar-refractivity contribution in [1.82, 2.24) is 10.2 Å². The lowest BCUT2D eigenvalue weighted by Gasteiger charge is -2.27. The SMILES string of the molecule is CCOC(=O)C(CC1CCCCC1)NCCN(CC)CC. The first-order valence-electron chi connectivity index (χ1n) is 8.83. The van der Waals surface area contributed by atoms with Crippen LogP contribution in [0, 0.1) is 5.92 Å². The Balaban J connectivity index is 2.41. The van der Waals surface area contributed by atoms with Crippen molar-refractivity contribution in [2.75, 3.05) is 32.8 Å². The highest BCUT2D eigenvalue weighted by atomic mass is 16.5. The molecule has 0 saturated heterocycles. The normalized spacial score (nSPS) is 17.9. The third-order valence-corrected chi connectivity index (χ3v) is 4.58. The molecule has 124 valence electrons. The standard InChI is InChI=1S/C17H34N2O2/c1-4-19(5-2)13-12-18-16(17(20)21-6-3)14-15-10-8-7-9-11-15/h15-16,18H,4-14H2,1-3H3. The number of likely N-dealkylation sites (N-methyl/N-ethyl adjacent to an activating group) is 1. The number of rotatable bonds is 10. The van der Waals surface area contributed by atoms with Gasteiger partial charge in [0.1, 0.15) is 6.04 Å². The Hall–Kier alpha value is -0.610. The van der Waals surface area contributed by atoms with Crippen molar-refractivity contribution >= 4 is 5.97 Å². The molecule has 0 amide bonds. The zero-order chi connectivity index (χ0) is 15.5. The van der Waals surface area contributed by atoms with Crippen molar-refractivity contribution in [2.45, 2.75) is 65.3 Å². The van der Waals surface area contributed by atoms with Gasteiger partial charge in [-0.05, 0) is 32.4 Å². The summed E-state index contributed by atoms with van der Waals surface area (Å²) < 4.78 is 5.24. The van der Waals surface area contributed by atoms with E-state index in [0.717, 1.165) is 32.6 Å². The second kappa shape index (κ2) is 11.0. The van der Waals surface area contributed by atoms with Crippen molar-refractivity contribution in [3.05, 3.63) is 0 Å². The highest BCUT2D eigenvalue weighted by Gasteiger charge is 2.24. The van der Waals surface area contributed by atoms with E-state index in [1.807, 2.05) is 6.92 Å². The summed E-state index contributed by atoms with van der Waals surface area (Å²) in [7, 11) is 0. The number of ether oxygens (including phenoxy) is 1. The molecule has 0 radical (unpaired) electrons. The van der Waals surface area contributed by atoms with Crippen LogP contribution in [-0.4, -0.2) is 49.7 Å². The first-order chi connectivity index (χ1) is 10.2. The van der Waals surface area contributed by atoms with Crippen molar-refractivity contribution in [3.8, 4) is 0 Å². The molecule has 1 rings (SSSR count). The fourth-order valence-electron chi connectivity index (χ4n) is 3.20. The molecule has 1 aliphatic carbocycles. The quantitative estimate of drug-likeness (QED) is 0.630. The van der Waals surface area contributed by atoms with Gasteiger partial charge < -0.3 is 15.0 Å². The number of hydrogen-bond acceptors (Lipinski definition) is 4. The van der Waals surface area contributed by atoms with Gasteiger partial charge in [-0.3, -0.25) is 4.79 Å². The van der Waals surface area contributed by atoms with Crippen molar-refractivity contribution in [3.63, 3.8) is 0 Å². The maximum Gasteiger partial charge on any atom is 0.323 e. The Morgan fingerprint density at radius 1 is 1.19 bits per heavy atom. The minimum absolute atomic E-state index is 0.0670. The summed E-state index contributed by atoms with van der Waals surface area (Å²) >= 11 is 0. The van der Waals surface area contributed by atoms with Crippen LogP contribution in [-0.2, 0) is 9.53 Å². The summed E-state index contributed by atoms with van der Waals surface area (Å²) in [5.74, 6) is 0.622. The molecule has 1 aliphatic rings. The predicted molar refractivity (Wildman–Crippen MR) is 87.4 cm³/mol. The average molecular weight is 298 g/mol. The average Bonchev–Trinajstić information content (AvgIpc) is 2.51. The van der Waals surface area contributed by atoms with E-state index in [-0.39, 0.29) is 12.0 Å². The third-order valence-electron chi connectivity index (χ3n) is 4.58. The molecule has 0 bridgehead atoms. The predicted octanol–water partition coefficient (Wildman–Crippen LogP) is 2.82. The Kier molecular flexibility index (Phi) is 9.68. The first-order valence-corrected chi connectivity index (χ1v) is 8.83. The molecule has 0 aromatic carbocycles. The lowest BCUT2D eigenvalue weighted by atomic mass is 9.85. The van der Waals surface area contributed by atoms with E-state index >= 15 is 0 Å². The first kappa shape index (κ1) is 18.4. The van der Waals surface area contributed by atoms with Gasteiger partial charge in [-0.1, -0.05) is 46.0 Å². The summed E-state index contributed by atoms with van der Waals surface area (Å²) in [6, 6.07) is -0.122. The van der Waals surface area contributed by atoms with Crippen LogP contribution in [0.15, 0.2) is 0 Å². The summed E-state index contributed by atoms with van der Waals surface area (Å²) in [5.41, 5.74) is 0. The van der Waals surface area contributed by atoms with Crippen LogP contribution in [0.1, 0.15) is 59.3 Å². The van der Waals surface area contributed by atoms with E-state index in [1.165, 1.54) is 32.1 Å². The van der Waals surface area contributed by atoms with Gasteiger partial charge in [0.25, 0.3) is 0 Å². The van der Waals surface area contributed by atoms with Crippen LogP contribution in [0.4, 0.5) is 0 Å². The van der Waals surface area contributed by atoms with Crippen molar-refractivity contribution < 1.29 is 9.53 Å². The van der Waals surface area contributed by atoms with Crippen LogP contribution in [0.2, 0.25) is 0 Å². The van der Waals surface area contributed by atoms with Gasteiger partial charge in [0.15, 0.2) is 0 Å².